The van der Waals surface area contributed by atoms with Gasteiger partial charge in [0, 0.05) is 0 Å². The fourth-order valence-corrected chi connectivity index (χ4v) is 2.45. The van der Waals surface area contributed by atoms with Crippen molar-refractivity contribution in [2.24, 2.45) is 0 Å². The Morgan fingerprint density at radius 2 is 1.80 bits per heavy atom. The number of ether oxygens (including phenoxy) is 2. The van der Waals surface area contributed by atoms with Crippen LogP contribution in [0.3, 0.4) is 0 Å². The number of aryl methyl sites for hydroxylation is 1. The van der Waals surface area contributed by atoms with Crippen molar-refractivity contribution in [1.82, 2.24) is 5.32 Å². The summed E-state index contributed by atoms with van der Waals surface area (Å²) in [5.74, 6) is 1.38. The van der Waals surface area contributed by atoms with Crippen LogP contribution in [-0.4, -0.2) is 19.9 Å². The molecule has 0 unspecified atom stereocenters. The summed E-state index contributed by atoms with van der Waals surface area (Å²) in [5, 5.41) is 5.44. The van der Waals surface area contributed by atoms with Crippen LogP contribution in [0, 0.1) is 6.92 Å². The topological polar surface area (TPSA) is 59.6 Å². The molecule has 2 aromatic carbocycles. The van der Waals surface area contributed by atoms with Gasteiger partial charge in [-0.2, -0.15) is 0 Å². The first-order valence-electron chi connectivity index (χ1n) is 8.23. The van der Waals surface area contributed by atoms with E-state index in [4.69, 9.17) is 9.47 Å². The molecule has 0 bridgehead atoms. The number of benzene rings is 2. The average molecular weight is 342 g/mol. The summed E-state index contributed by atoms with van der Waals surface area (Å²) in [6.45, 7) is 8.54. The predicted octanol–water partition coefficient (Wildman–Crippen LogP) is 4.46. The molecule has 0 radical (unpaired) electrons. The summed E-state index contributed by atoms with van der Waals surface area (Å²) in [6, 6.07) is 12.9. The molecule has 2 aromatic rings. The van der Waals surface area contributed by atoms with Gasteiger partial charge in [-0.15, -0.1) is 0 Å². The third kappa shape index (κ3) is 5.14. The third-order valence-electron chi connectivity index (χ3n) is 3.76. The minimum atomic E-state index is -0.353. The number of urea groups is 1. The zero-order chi connectivity index (χ0) is 18.4. The highest BCUT2D eigenvalue weighted by Crippen LogP contribution is 2.32. The second kappa shape index (κ2) is 7.92. The highest BCUT2D eigenvalue weighted by molar-refractivity contribution is 5.90. The first kappa shape index (κ1) is 18.6. The molecule has 0 aliphatic carbocycles. The molecule has 5 nitrogen and oxygen atoms in total. The van der Waals surface area contributed by atoms with Gasteiger partial charge < -0.3 is 20.1 Å². The number of anilines is 1. The van der Waals surface area contributed by atoms with E-state index in [0.29, 0.717) is 11.4 Å². The van der Waals surface area contributed by atoms with Crippen LogP contribution in [0.1, 0.15) is 31.9 Å². The minimum absolute atomic E-state index is 0.0407. The van der Waals surface area contributed by atoms with Crippen molar-refractivity contribution in [2.75, 3.05) is 19.2 Å². The maximum absolute atomic E-state index is 12.0. The smallest absolute Gasteiger partial charge is 0.321 e. The molecule has 25 heavy (non-hydrogen) atoms. The van der Waals surface area contributed by atoms with E-state index in [2.05, 4.69) is 44.4 Å². The highest BCUT2D eigenvalue weighted by atomic mass is 16.5. The monoisotopic (exact) mass is 342 g/mol. The van der Waals surface area contributed by atoms with Gasteiger partial charge in [-0.3, -0.25) is 0 Å². The third-order valence-corrected chi connectivity index (χ3v) is 3.76. The number of nitrogens with one attached hydrogen (secondary N) is 2. The second-order valence-electron chi connectivity index (χ2n) is 6.87. The van der Waals surface area contributed by atoms with Crippen LogP contribution >= 0.6 is 0 Å². The van der Waals surface area contributed by atoms with E-state index < -0.39 is 0 Å². The van der Waals surface area contributed by atoms with Crippen LogP contribution in [0.2, 0.25) is 0 Å². The standard InChI is InChI=1S/C20H26N2O3/c1-14-10-11-17(15(12-14)20(2,3)4)25-13-21-19(23)22-16-8-6-7-9-18(16)24-5/h6-12H,13H2,1-5H3,(H2,21,22,23). The fourth-order valence-electron chi connectivity index (χ4n) is 2.45. The van der Waals surface area contributed by atoms with Crippen molar-refractivity contribution in [3.05, 3.63) is 53.6 Å². The van der Waals surface area contributed by atoms with Gasteiger partial charge >= 0.3 is 6.03 Å². The number of carbonyl (C=O) groups excluding carboxylic acids is 1. The zero-order valence-corrected chi connectivity index (χ0v) is 15.5. The number of methoxy groups -OCH3 is 1. The molecule has 2 N–H and O–H groups in total. The van der Waals surface area contributed by atoms with Crippen molar-refractivity contribution in [3.8, 4) is 11.5 Å². The molecule has 0 aromatic heterocycles. The number of rotatable bonds is 5. The summed E-state index contributed by atoms with van der Waals surface area (Å²) in [4.78, 5) is 12.0. The molecular formula is C20H26N2O3. The van der Waals surface area contributed by atoms with Gasteiger partial charge in [-0.25, -0.2) is 4.79 Å². The fraction of sp³-hybridized carbons (Fsp3) is 0.350. The lowest BCUT2D eigenvalue weighted by atomic mass is 9.85. The summed E-state index contributed by atoms with van der Waals surface area (Å²) < 4.78 is 11.0. The quantitative estimate of drug-likeness (QED) is 0.789. The van der Waals surface area contributed by atoms with Crippen LogP contribution in [0.5, 0.6) is 11.5 Å². The molecule has 5 heteroatoms. The van der Waals surface area contributed by atoms with Gasteiger partial charge in [0.05, 0.1) is 12.8 Å². The molecule has 0 fully saturated rings. The maximum atomic E-state index is 12.0. The first-order chi connectivity index (χ1) is 11.8. The van der Waals surface area contributed by atoms with Gasteiger partial charge in [0.1, 0.15) is 11.5 Å². The van der Waals surface area contributed by atoms with Gasteiger partial charge in [0.25, 0.3) is 0 Å². The molecule has 0 spiro atoms. The number of hydrogen-bond acceptors (Lipinski definition) is 3. The van der Waals surface area contributed by atoms with Gasteiger partial charge in [-0.05, 0) is 36.1 Å². The summed E-state index contributed by atoms with van der Waals surface area (Å²) in [5.41, 5.74) is 2.85. The number of carbonyl (C=O) groups is 1. The van der Waals surface area contributed by atoms with E-state index in [1.807, 2.05) is 24.3 Å². The van der Waals surface area contributed by atoms with Crippen LogP contribution in [0.4, 0.5) is 10.5 Å². The summed E-state index contributed by atoms with van der Waals surface area (Å²) >= 11 is 0. The van der Waals surface area contributed by atoms with Crippen LogP contribution in [0.25, 0.3) is 0 Å². The van der Waals surface area contributed by atoms with E-state index in [1.165, 1.54) is 5.56 Å². The molecule has 0 aliphatic rings. The Labute approximate surface area is 149 Å². The Kier molecular flexibility index (Phi) is 5.91. The molecule has 0 heterocycles. The molecule has 0 aliphatic heterocycles. The molecule has 2 rings (SSSR count). The lowest BCUT2D eigenvalue weighted by Crippen LogP contribution is -2.32. The lowest BCUT2D eigenvalue weighted by Gasteiger charge is -2.23. The lowest BCUT2D eigenvalue weighted by molar-refractivity contribution is 0.233. The zero-order valence-electron chi connectivity index (χ0n) is 15.5. The van der Waals surface area contributed by atoms with Crippen LogP contribution in [-0.2, 0) is 5.41 Å². The van der Waals surface area contributed by atoms with Crippen molar-refractivity contribution >= 4 is 11.7 Å². The Hall–Kier alpha value is -2.69. The average Bonchev–Trinajstić information content (AvgIpc) is 2.55. The van der Waals surface area contributed by atoms with Crippen molar-refractivity contribution in [3.63, 3.8) is 0 Å². The van der Waals surface area contributed by atoms with E-state index in [9.17, 15) is 4.79 Å². The number of amides is 2. The normalized spacial score (nSPS) is 10.9. The molecule has 0 saturated carbocycles. The van der Waals surface area contributed by atoms with Crippen LogP contribution in [0.15, 0.2) is 42.5 Å². The van der Waals surface area contributed by atoms with E-state index in [1.54, 1.807) is 19.2 Å². The van der Waals surface area contributed by atoms with Crippen LogP contribution < -0.4 is 20.1 Å². The number of hydrogen-bond donors (Lipinski definition) is 2. The van der Waals surface area contributed by atoms with E-state index in [-0.39, 0.29) is 18.2 Å². The van der Waals surface area contributed by atoms with E-state index >= 15 is 0 Å². The van der Waals surface area contributed by atoms with E-state index in [0.717, 1.165) is 11.3 Å². The molecule has 0 atom stereocenters. The highest BCUT2D eigenvalue weighted by Gasteiger charge is 2.19. The first-order valence-corrected chi connectivity index (χ1v) is 8.23. The van der Waals surface area contributed by atoms with Crippen molar-refractivity contribution in [1.29, 1.82) is 0 Å². The molecule has 0 saturated heterocycles. The van der Waals surface area contributed by atoms with Crippen molar-refractivity contribution in [2.45, 2.75) is 33.1 Å². The Morgan fingerprint density at radius 1 is 1.08 bits per heavy atom. The van der Waals surface area contributed by atoms with Crippen molar-refractivity contribution < 1.29 is 14.3 Å². The molecule has 2 amide bonds. The summed E-state index contributed by atoms with van der Waals surface area (Å²) in [6.07, 6.45) is 0. The largest absolute Gasteiger partial charge is 0.495 e. The SMILES string of the molecule is COc1ccccc1NC(=O)NCOc1ccc(C)cc1C(C)(C)C. The molecular weight excluding hydrogens is 316 g/mol. The minimum Gasteiger partial charge on any atom is -0.495 e. The number of para-hydroxylation sites is 2. The maximum Gasteiger partial charge on any atom is 0.321 e. The van der Waals surface area contributed by atoms with Gasteiger partial charge in [0.15, 0.2) is 6.73 Å². The second-order valence-corrected chi connectivity index (χ2v) is 6.87. The Balaban J connectivity index is 1.96. The van der Waals surface area contributed by atoms with Gasteiger partial charge in [-0.1, -0.05) is 50.6 Å². The summed E-state index contributed by atoms with van der Waals surface area (Å²) in [7, 11) is 1.56. The Morgan fingerprint density at radius 3 is 2.48 bits per heavy atom. The Bertz CT molecular complexity index is 736. The predicted molar refractivity (Wildman–Crippen MR) is 101 cm³/mol. The molecule has 134 valence electrons. The van der Waals surface area contributed by atoms with Gasteiger partial charge in [0.2, 0.25) is 0 Å².